The van der Waals surface area contributed by atoms with Crippen LogP contribution in [-0.4, -0.2) is 40.6 Å². The van der Waals surface area contributed by atoms with E-state index in [-0.39, 0.29) is 29.5 Å². The molecule has 2 aliphatic carbocycles. The molecule has 1 saturated heterocycles. The Morgan fingerprint density at radius 1 is 1.13 bits per heavy atom. The molecule has 1 aliphatic heterocycles. The van der Waals surface area contributed by atoms with Crippen LogP contribution < -0.4 is 5.32 Å². The molecule has 0 radical (unpaired) electrons. The average Bonchev–Trinajstić information content (AvgIpc) is 3.06. The van der Waals surface area contributed by atoms with Crippen LogP contribution in [0.25, 0.3) is 6.08 Å². The highest BCUT2D eigenvalue weighted by atomic mass is 16.5. The van der Waals surface area contributed by atoms with Gasteiger partial charge in [0.15, 0.2) is 5.76 Å². The lowest BCUT2D eigenvalue weighted by Crippen LogP contribution is -2.41. The molecular formula is C24H33N3O3. The van der Waals surface area contributed by atoms with Gasteiger partial charge in [-0.15, -0.1) is 0 Å². The number of anilines is 1. The number of ether oxygens (including phenoxy) is 1. The van der Waals surface area contributed by atoms with Gasteiger partial charge in [0, 0.05) is 29.9 Å². The van der Waals surface area contributed by atoms with E-state index in [0.29, 0.717) is 11.6 Å². The first-order chi connectivity index (χ1) is 14.7. The molecule has 0 unspecified atom stereocenters. The van der Waals surface area contributed by atoms with Gasteiger partial charge in [-0.2, -0.15) is 0 Å². The fraction of sp³-hybridized carbons (Fsp3) is 0.583. The standard InChI is InChI=1S/C24H33N3O3/c1-2-25-19-14-13-17(21(28)16-19)15-22-23(29)27(20-11-7-4-8-12-20)24(30-22)26-18-9-5-3-6-10-18/h13-16,18,20,25,28H,2-12H2,1H3/b22-15+,26-24?. The first kappa shape index (κ1) is 20.8. The number of phenolic OH excluding ortho intramolecular Hbond substituents is 1. The Bertz CT molecular complexity index is 821. The first-order valence-electron chi connectivity index (χ1n) is 11.5. The molecule has 0 spiro atoms. The number of aliphatic imine (C=N–C) groups is 1. The summed E-state index contributed by atoms with van der Waals surface area (Å²) in [6.07, 6.45) is 12.9. The Labute approximate surface area is 179 Å². The van der Waals surface area contributed by atoms with E-state index in [1.807, 2.05) is 13.0 Å². The number of carbonyl (C=O) groups is 1. The lowest BCUT2D eigenvalue weighted by molar-refractivity contribution is -0.124. The van der Waals surface area contributed by atoms with Crippen LogP contribution in [0.3, 0.4) is 0 Å². The second kappa shape index (κ2) is 9.54. The normalized spacial score (nSPS) is 23.9. The summed E-state index contributed by atoms with van der Waals surface area (Å²) >= 11 is 0. The number of benzene rings is 1. The van der Waals surface area contributed by atoms with Crippen LogP contribution in [0.4, 0.5) is 5.69 Å². The zero-order valence-electron chi connectivity index (χ0n) is 17.9. The van der Waals surface area contributed by atoms with E-state index in [1.54, 1.807) is 23.1 Å². The number of amides is 1. The van der Waals surface area contributed by atoms with Crippen LogP contribution in [0.2, 0.25) is 0 Å². The molecule has 6 nitrogen and oxygen atoms in total. The Kier molecular flexibility index (Phi) is 6.60. The maximum absolute atomic E-state index is 13.3. The van der Waals surface area contributed by atoms with Gasteiger partial charge in [-0.3, -0.25) is 9.69 Å². The lowest BCUT2D eigenvalue weighted by atomic mass is 9.94. The van der Waals surface area contributed by atoms with Crippen LogP contribution >= 0.6 is 0 Å². The smallest absolute Gasteiger partial charge is 0.300 e. The molecule has 0 bridgehead atoms. The maximum atomic E-state index is 13.3. The second-order valence-corrected chi connectivity index (χ2v) is 8.59. The molecule has 0 atom stereocenters. The van der Waals surface area contributed by atoms with E-state index < -0.39 is 0 Å². The van der Waals surface area contributed by atoms with Crippen molar-refractivity contribution in [3.05, 3.63) is 29.5 Å². The van der Waals surface area contributed by atoms with Crippen molar-refractivity contribution in [2.75, 3.05) is 11.9 Å². The minimum atomic E-state index is -0.133. The Morgan fingerprint density at radius 3 is 2.50 bits per heavy atom. The third-order valence-corrected chi connectivity index (χ3v) is 6.34. The number of nitrogens with one attached hydrogen (secondary N) is 1. The van der Waals surface area contributed by atoms with Gasteiger partial charge in [0.25, 0.3) is 5.91 Å². The number of aromatic hydroxyl groups is 1. The first-order valence-corrected chi connectivity index (χ1v) is 11.5. The molecule has 1 aromatic carbocycles. The molecular weight excluding hydrogens is 378 g/mol. The van der Waals surface area contributed by atoms with Gasteiger partial charge in [-0.05, 0) is 50.8 Å². The van der Waals surface area contributed by atoms with Crippen molar-refractivity contribution in [1.29, 1.82) is 0 Å². The van der Waals surface area contributed by atoms with E-state index in [0.717, 1.165) is 50.8 Å². The molecule has 1 amide bonds. The minimum Gasteiger partial charge on any atom is -0.507 e. The van der Waals surface area contributed by atoms with Crippen molar-refractivity contribution >= 4 is 23.7 Å². The molecule has 3 aliphatic rings. The van der Waals surface area contributed by atoms with Crippen LogP contribution in [-0.2, 0) is 9.53 Å². The van der Waals surface area contributed by atoms with Crippen molar-refractivity contribution in [2.24, 2.45) is 4.99 Å². The summed E-state index contributed by atoms with van der Waals surface area (Å²) in [5, 5.41) is 13.6. The highest BCUT2D eigenvalue weighted by Crippen LogP contribution is 2.32. The monoisotopic (exact) mass is 411 g/mol. The topological polar surface area (TPSA) is 74.2 Å². The van der Waals surface area contributed by atoms with Crippen LogP contribution in [0.5, 0.6) is 5.75 Å². The summed E-state index contributed by atoms with van der Waals surface area (Å²) in [5.74, 6) is 0.243. The van der Waals surface area contributed by atoms with Gasteiger partial charge >= 0.3 is 6.02 Å². The number of carbonyl (C=O) groups excluding carboxylic acids is 1. The van der Waals surface area contributed by atoms with Gasteiger partial charge in [-0.1, -0.05) is 38.5 Å². The molecule has 3 fully saturated rings. The van der Waals surface area contributed by atoms with Crippen LogP contribution in [0.15, 0.2) is 29.0 Å². The van der Waals surface area contributed by atoms with E-state index in [2.05, 4.69) is 5.32 Å². The SMILES string of the molecule is CCNc1ccc(/C=C2/OC(=NC3CCCCC3)N(C3CCCCC3)C2=O)c(O)c1. The summed E-state index contributed by atoms with van der Waals surface area (Å²) in [4.78, 5) is 20.0. The largest absolute Gasteiger partial charge is 0.507 e. The highest BCUT2D eigenvalue weighted by Gasteiger charge is 2.40. The third-order valence-electron chi connectivity index (χ3n) is 6.34. The minimum absolute atomic E-state index is 0.124. The lowest BCUT2D eigenvalue weighted by Gasteiger charge is -2.29. The molecule has 4 rings (SSSR count). The Hall–Kier alpha value is -2.50. The molecule has 162 valence electrons. The Balaban J connectivity index is 1.61. The molecule has 30 heavy (non-hydrogen) atoms. The van der Waals surface area contributed by atoms with Crippen molar-refractivity contribution < 1.29 is 14.6 Å². The predicted molar refractivity (Wildman–Crippen MR) is 119 cm³/mol. The molecule has 2 N–H and O–H groups in total. The van der Waals surface area contributed by atoms with E-state index in [9.17, 15) is 9.90 Å². The molecule has 1 heterocycles. The number of amidine groups is 1. The quantitative estimate of drug-likeness (QED) is 0.665. The summed E-state index contributed by atoms with van der Waals surface area (Å²) in [7, 11) is 0. The van der Waals surface area contributed by atoms with Crippen molar-refractivity contribution in [3.8, 4) is 5.75 Å². The average molecular weight is 412 g/mol. The van der Waals surface area contributed by atoms with Crippen molar-refractivity contribution in [1.82, 2.24) is 4.90 Å². The number of hydrogen-bond donors (Lipinski definition) is 2. The predicted octanol–water partition coefficient (Wildman–Crippen LogP) is 5.05. The summed E-state index contributed by atoms with van der Waals surface area (Å²) in [5.41, 5.74) is 1.42. The van der Waals surface area contributed by atoms with E-state index in [4.69, 9.17) is 9.73 Å². The summed E-state index contributed by atoms with van der Waals surface area (Å²) in [6, 6.07) is 6.23. The second-order valence-electron chi connectivity index (χ2n) is 8.59. The van der Waals surface area contributed by atoms with Gasteiger partial charge < -0.3 is 15.2 Å². The number of phenols is 1. The zero-order chi connectivity index (χ0) is 20.9. The fourth-order valence-corrected chi connectivity index (χ4v) is 4.73. The van der Waals surface area contributed by atoms with Crippen LogP contribution in [0, 0.1) is 0 Å². The third kappa shape index (κ3) is 4.63. The van der Waals surface area contributed by atoms with Gasteiger partial charge in [0.2, 0.25) is 0 Å². The van der Waals surface area contributed by atoms with Gasteiger partial charge in [0.05, 0.1) is 6.04 Å². The van der Waals surface area contributed by atoms with Crippen LogP contribution in [0.1, 0.15) is 76.7 Å². The molecule has 2 saturated carbocycles. The van der Waals surface area contributed by atoms with E-state index >= 15 is 0 Å². The van der Waals surface area contributed by atoms with Crippen molar-refractivity contribution in [2.45, 2.75) is 83.2 Å². The maximum Gasteiger partial charge on any atom is 0.300 e. The summed E-state index contributed by atoms with van der Waals surface area (Å²) < 4.78 is 6.04. The Morgan fingerprint density at radius 2 is 1.83 bits per heavy atom. The number of rotatable bonds is 5. The zero-order valence-corrected chi connectivity index (χ0v) is 17.9. The summed E-state index contributed by atoms with van der Waals surface area (Å²) in [6.45, 7) is 2.78. The fourth-order valence-electron chi connectivity index (χ4n) is 4.73. The van der Waals surface area contributed by atoms with Gasteiger partial charge in [0.1, 0.15) is 5.75 Å². The van der Waals surface area contributed by atoms with E-state index in [1.165, 1.54) is 25.7 Å². The van der Waals surface area contributed by atoms with Crippen molar-refractivity contribution in [3.63, 3.8) is 0 Å². The molecule has 0 aromatic heterocycles. The van der Waals surface area contributed by atoms with Gasteiger partial charge in [-0.25, -0.2) is 4.99 Å². The highest BCUT2D eigenvalue weighted by molar-refractivity contribution is 6.11. The molecule has 1 aromatic rings. The molecule has 6 heteroatoms. The number of hydrogen-bond acceptors (Lipinski definition) is 5. The number of nitrogens with zero attached hydrogens (tertiary/aromatic N) is 2.